The van der Waals surface area contributed by atoms with Gasteiger partial charge in [-0.25, -0.2) is 4.98 Å². The van der Waals surface area contributed by atoms with E-state index in [0.717, 1.165) is 19.4 Å². The number of aromatic nitrogens is 1. The third-order valence-electron chi connectivity index (χ3n) is 3.72. The van der Waals surface area contributed by atoms with Gasteiger partial charge < -0.3 is 10.6 Å². The maximum atomic E-state index is 12.8. The second kappa shape index (κ2) is 6.44. The van der Waals surface area contributed by atoms with Crippen molar-refractivity contribution in [1.29, 1.82) is 0 Å². The number of carbonyl (C=O) groups is 1. The summed E-state index contributed by atoms with van der Waals surface area (Å²) in [6, 6.07) is 1.90. The predicted molar refractivity (Wildman–Crippen MR) is 81.8 cm³/mol. The molecule has 110 valence electrons. The second-order valence-corrected chi connectivity index (χ2v) is 6.27. The summed E-state index contributed by atoms with van der Waals surface area (Å²) >= 11 is 5.89. The molecular formula is C15H22ClN3O. The molecule has 1 amide bonds. The average Bonchev–Trinajstić information content (AvgIpc) is 2.91. The number of hydrogen-bond donors (Lipinski definition) is 1. The number of carbonyl (C=O) groups excluding carboxylic acids is 1. The number of rotatable bonds is 4. The minimum absolute atomic E-state index is 0.0209. The van der Waals surface area contributed by atoms with E-state index in [4.69, 9.17) is 17.3 Å². The van der Waals surface area contributed by atoms with E-state index in [1.165, 1.54) is 19.0 Å². The summed E-state index contributed by atoms with van der Waals surface area (Å²) in [6.45, 7) is 5.00. The first-order chi connectivity index (χ1) is 9.49. The second-order valence-electron chi connectivity index (χ2n) is 5.88. The highest BCUT2D eigenvalue weighted by atomic mass is 35.5. The predicted octanol–water partition coefficient (Wildman–Crippen LogP) is 3.36. The normalized spacial score (nSPS) is 15.8. The fraction of sp³-hybridized carbons (Fsp3) is 0.600. The number of hydrogen-bond acceptors (Lipinski definition) is 3. The molecule has 0 aromatic carbocycles. The molecule has 5 heteroatoms. The van der Waals surface area contributed by atoms with Gasteiger partial charge in [-0.1, -0.05) is 38.3 Å². The van der Waals surface area contributed by atoms with Gasteiger partial charge in [0.05, 0.1) is 17.4 Å². The van der Waals surface area contributed by atoms with Gasteiger partial charge in [-0.3, -0.25) is 4.79 Å². The molecule has 1 aromatic rings. The van der Waals surface area contributed by atoms with E-state index in [-0.39, 0.29) is 5.91 Å². The molecule has 20 heavy (non-hydrogen) atoms. The highest BCUT2D eigenvalue weighted by Crippen LogP contribution is 2.27. The van der Waals surface area contributed by atoms with E-state index in [1.54, 1.807) is 6.07 Å². The standard InChI is InChI=1S/C15H22ClN3O/c1-10(2)9-19(11-5-3-4-6-11)15(20)12-7-14(16)18-8-13(12)17/h7-8,10-11H,3-6,9,17H2,1-2H3. The van der Waals surface area contributed by atoms with Crippen molar-refractivity contribution in [3.8, 4) is 0 Å². The largest absolute Gasteiger partial charge is 0.397 e. The summed E-state index contributed by atoms with van der Waals surface area (Å²) in [4.78, 5) is 18.7. The first kappa shape index (κ1) is 15.1. The van der Waals surface area contributed by atoms with Crippen LogP contribution in [-0.4, -0.2) is 28.4 Å². The molecule has 2 rings (SSSR count). The van der Waals surface area contributed by atoms with E-state index in [0.29, 0.717) is 28.4 Å². The van der Waals surface area contributed by atoms with Gasteiger partial charge in [-0.15, -0.1) is 0 Å². The Morgan fingerprint density at radius 1 is 1.50 bits per heavy atom. The molecule has 0 saturated heterocycles. The van der Waals surface area contributed by atoms with Crippen molar-refractivity contribution in [3.05, 3.63) is 23.0 Å². The van der Waals surface area contributed by atoms with Crippen molar-refractivity contribution >= 4 is 23.2 Å². The Balaban J connectivity index is 2.27. The molecule has 4 nitrogen and oxygen atoms in total. The molecule has 1 saturated carbocycles. The number of amides is 1. The fourth-order valence-corrected chi connectivity index (χ4v) is 2.95. The number of pyridine rings is 1. The Labute approximate surface area is 125 Å². The van der Waals surface area contributed by atoms with Crippen molar-refractivity contribution in [2.24, 2.45) is 5.92 Å². The van der Waals surface area contributed by atoms with E-state index in [9.17, 15) is 4.79 Å². The van der Waals surface area contributed by atoms with Crippen molar-refractivity contribution < 1.29 is 4.79 Å². The molecule has 0 aliphatic heterocycles. The number of nitrogens with two attached hydrogens (primary N) is 1. The highest BCUT2D eigenvalue weighted by molar-refractivity contribution is 6.29. The van der Waals surface area contributed by atoms with Gasteiger partial charge in [-0.2, -0.15) is 0 Å². The molecular weight excluding hydrogens is 274 g/mol. The lowest BCUT2D eigenvalue weighted by molar-refractivity contribution is 0.0656. The van der Waals surface area contributed by atoms with Crippen LogP contribution in [0, 0.1) is 5.92 Å². The smallest absolute Gasteiger partial charge is 0.256 e. The zero-order valence-electron chi connectivity index (χ0n) is 12.1. The SMILES string of the molecule is CC(C)CN(C(=O)c1cc(Cl)ncc1N)C1CCCC1. The lowest BCUT2D eigenvalue weighted by Gasteiger charge is -2.31. The van der Waals surface area contributed by atoms with Crippen molar-refractivity contribution in [3.63, 3.8) is 0 Å². The topological polar surface area (TPSA) is 59.2 Å². The van der Waals surface area contributed by atoms with Gasteiger partial charge in [0.25, 0.3) is 5.91 Å². The lowest BCUT2D eigenvalue weighted by atomic mass is 10.1. The van der Waals surface area contributed by atoms with Gasteiger partial charge in [0.2, 0.25) is 0 Å². The summed E-state index contributed by atoms with van der Waals surface area (Å²) in [5, 5.41) is 0.304. The summed E-state index contributed by atoms with van der Waals surface area (Å²) in [5.41, 5.74) is 6.75. The Bertz CT molecular complexity index is 484. The van der Waals surface area contributed by atoms with Crippen LogP contribution in [0.1, 0.15) is 49.9 Å². The highest BCUT2D eigenvalue weighted by Gasteiger charge is 2.29. The number of halogens is 1. The van der Waals surface area contributed by atoms with Crippen LogP contribution in [0.5, 0.6) is 0 Å². The van der Waals surface area contributed by atoms with Crippen LogP contribution in [0.15, 0.2) is 12.3 Å². The first-order valence-electron chi connectivity index (χ1n) is 7.21. The minimum atomic E-state index is -0.0209. The quantitative estimate of drug-likeness (QED) is 0.867. The lowest BCUT2D eigenvalue weighted by Crippen LogP contribution is -2.41. The summed E-state index contributed by atoms with van der Waals surface area (Å²) in [6.07, 6.45) is 6.00. The maximum Gasteiger partial charge on any atom is 0.256 e. The van der Waals surface area contributed by atoms with Gasteiger partial charge in [-0.05, 0) is 24.8 Å². The van der Waals surface area contributed by atoms with Gasteiger partial charge in [0.15, 0.2) is 0 Å². The molecule has 1 heterocycles. The number of nitrogen functional groups attached to an aromatic ring is 1. The molecule has 0 unspecified atom stereocenters. The molecule has 1 aliphatic rings. The van der Waals surface area contributed by atoms with E-state index in [2.05, 4.69) is 18.8 Å². The van der Waals surface area contributed by atoms with E-state index >= 15 is 0 Å². The Hall–Kier alpha value is -1.29. The summed E-state index contributed by atoms with van der Waals surface area (Å²) in [7, 11) is 0. The van der Waals surface area contributed by atoms with Crippen LogP contribution in [0.2, 0.25) is 5.15 Å². The van der Waals surface area contributed by atoms with Crippen LogP contribution in [-0.2, 0) is 0 Å². The zero-order chi connectivity index (χ0) is 14.7. The Morgan fingerprint density at radius 2 is 2.15 bits per heavy atom. The van der Waals surface area contributed by atoms with Crippen LogP contribution in [0.3, 0.4) is 0 Å². The van der Waals surface area contributed by atoms with Crippen LogP contribution in [0.4, 0.5) is 5.69 Å². The third-order valence-corrected chi connectivity index (χ3v) is 3.93. The number of nitrogens with zero attached hydrogens (tertiary/aromatic N) is 2. The molecule has 0 radical (unpaired) electrons. The van der Waals surface area contributed by atoms with Gasteiger partial charge >= 0.3 is 0 Å². The minimum Gasteiger partial charge on any atom is -0.397 e. The monoisotopic (exact) mass is 295 g/mol. The van der Waals surface area contributed by atoms with E-state index < -0.39 is 0 Å². The van der Waals surface area contributed by atoms with Crippen molar-refractivity contribution in [1.82, 2.24) is 9.88 Å². The van der Waals surface area contributed by atoms with Crippen LogP contribution in [0.25, 0.3) is 0 Å². The Kier molecular flexibility index (Phi) is 4.86. The maximum absolute atomic E-state index is 12.8. The van der Waals surface area contributed by atoms with Gasteiger partial charge in [0, 0.05) is 12.6 Å². The molecule has 1 aromatic heterocycles. The van der Waals surface area contributed by atoms with E-state index in [1.807, 2.05) is 4.90 Å². The summed E-state index contributed by atoms with van der Waals surface area (Å²) < 4.78 is 0. The molecule has 0 spiro atoms. The number of anilines is 1. The first-order valence-corrected chi connectivity index (χ1v) is 7.59. The zero-order valence-corrected chi connectivity index (χ0v) is 12.9. The van der Waals surface area contributed by atoms with Crippen LogP contribution < -0.4 is 5.73 Å². The molecule has 1 fully saturated rings. The molecule has 0 bridgehead atoms. The molecule has 2 N–H and O–H groups in total. The Morgan fingerprint density at radius 3 is 2.75 bits per heavy atom. The average molecular weight is 296 g/mol. The summed E-state index contributed by atoms with van der Waals surface area (Å²) in [5.74, 6) is 0.408. The van der Waals surface area contributed by atoms with Crippen LogP contribution >= 0.6 is 11.6 Å². The molecule has 1 aliphatic carbocycles. The van der Waals surface area contributed by atoms with Gasteiger partial charge in [0.1, 0.15) is 5.15 Å². The van der Waals surface area contributed by atoms with Crippen molar-refractivity contribution in [2.75, 3.05) is 12.3 Å². The fourth-order valence-electron chi connectivity index (χ4n) is 2.79. The van der Waals surface area contributed by atoms with Crippen molar-refractivity contribution in [2.45, 2.75) is 45.6 Å². The molecule has 0 atom stereocenters. The third kappa shape index (κ3) is 3.42.